The van der Waals surface area contributed by atoms with Crippen molar-refractivity contribution in [1.29, 1.82) is 0 Å². The summed E-state index contributed by atoms with van der Waals surface area (Å²) in [6.45, 7) is 0. The summed E-state index contributed by atoms with van der Waals surface area (Å²) >= 11 is 0. The van der Waals surface area contributed by atoms with Crippen molar-refractivity contribution in [2.75, 3.05) is 0 Å². The smallest absolute Gasteiger partial charge is 0.00240 e. The molecule has 0 aliphatic carbocycles. The molecule has 0 amide bonds. The van der Waals surface area contributed by atoms with E-state index in [0.29, 0.717) is 0 Å². The molecule has 48 heavy (non-hydrogen) atoms. The maximum absolute atomic E-state index is 2.34. The lowest BCUT2D eigenvalue weighted by Gasteiger charge is -2.14. The van der Waals surface area contributed by atoms with Gasteiger partial charge in [-0.2, -0.15) is 0 Å². The largest absolute Gasteiger partial charge is 0.0610 e. The lowest BCUT2D eigenvalue weighted by atomic mass is 9.90. The Balaban J connectivity index is 0.845. The van der Waals surface area contributed by atoms with Gasteiger partial charge in [0.1, 0.15) is 0 Å². The van der Waals surface area contributed by atoms with Crippen molar-refractivity contribution in [2.24, 2.45) is 0 Å². The van der Waals surface area contributed by atoms with Gasteiger partial charge in [-0.25, -0.2) is 0 Å². The molecule has 10 rings (SSSR count). The number of benzene rings is 10. The lowest BCUT2D eigenvalue weighted by Crippen LogP contribution is -1.95. The van der Waals surface area contributed by atoms with Crippen LogP contribution in [0.3, 0.4) is 0 Å². The van der Waals surface area contributed by atoms with E-state index in [4.69, 9.17) is 0 Å². The van der Waals surface area contributed by atoms with Crippen LogP contribution < -0.4 is 0 Å². The first-order valence-electron chi connectivity index (χ1n) is 17.3. The fourth-order valence-electron chi connectivity index (χ4n) is 8.31. The Bertz CT molecular complexity index is 2520. The van der Waals surface area contributed by atoms with Crippen LogP contribution in [0.25, 0.3) is 75.8 Å². The standard InChI is InChI=1S/C48H34/c1-3-37-23-25-41-21-19-35(43-29-27-39(5-1)45(37)47(41)43)17-11-31-7-13-33(14-8-31)34-15-9-32(10-16-34)12-18-36-20-22-42-26-24-38-4-2-6-40-28-30-44(36)48(42)46(38)40/h1-10,13-16,19-30H,11-12,17-18H2. The molecule has 0 heteroatoms. The highest BCUT2D eigenvalue weighted by Gasteiger charge is 2.13. The maximum atomic E-state index is 2.34. The third kappa shape index (κ3) is 4.44. The monoisotopic (exact) mass is 610 g/mol. The minimum absolute atomic E-state index is 1.03. The molecule has 0 aliphatic rings. The minimum Gasteiger partial charge on any atom is -0.0610 e. The van der Waals surface area contributed by atoms with E-state index in [9.17, 15) is 0 Å². The molecule has 0 N–H and O–H groups in total. The molecule has 10 aromatic carbocycles. The summed E-state index contributed by atoms with van der Waals surface area (Å²) in [6, 6.07) is 59.3. The molecule has 0 aromatic heterocycles. The van der Waals surface area contributed by atoms with E-state index in [1.165, 1.54) is 98.0 Å². The van der Waals surface area contributed by atoms with E-state index in [0.717, 1.165) is 25.7 Å². The van der Waals surface area contributed by atoms with E-state index in [2.05, 4.69) is 158 Å². The summed E-state index contributed by atoms with van der Waals surface area (Å²) in [5, 5.41) is 16.4. The zero-order chi connectivity index (χ0) is 31.6. The van der Waals surface area contributed by atoms with E-state index >= 15 is 0 Å². The van der Waals surface area contributed by atoms with Crippen molar-refractivity contribution in [2.45, 2.75) is 25.7 Å². The molecule has 0 bridgehead atoms. The van der Waals surface area contributed by atoms with Crippen molar-refractivity contribution in [3.63, 3.8) is 0 Å². The highest BCUT2D eigenvalue weighted by atomic mass is 14.2. The Hall–Kier alpha value is -5.72. The van der Waals surface area contributed by atoms with Gasteiger partial charge < -0.3 is 0 Å². The number of rotatable bonds is 7. The van der Waals surface area contributed by atoms with Crippen LogP contribution in [0.1, 0.15) is 22.3 Å². The quantitative estimate of drug-likeness (QED) is 0.158. The molecule has 0 radical (unpaired) electrons. The Labute approximate surface area is 280 Å². The van der Waals surface area contributed by atoms with Gasteiger partial charge in [0.2, 0.25) is 0 Å². The summed E-state index contributed by atoms with van der Waals surface area (Å²) in [4.78, 5) is 0. The second-order valence-corrected chi connectivity index (χ2v) is 13.6. The van der Waals surface area contributed by atoms with E-state index < -0.39 is 0 Å². The van der Waals surface area contributed by atoms with Crippen molar-refractivity contribution < 1.29 is 0 Å². The van der Waals surface area contributed by atoms with Gasteiger partial charge in [0.05, 0.1) is 0 Å². The number of hydrogen-bond donors (Lipinski definition) is 0. The van der Waals surface area contributed by atoms with Gasteiger partial charge in [-0.15, -0.1) is 0 Å². The normalized spacial score (nSPS) is 12.1. The van der Waals surface area contributed by atoms with Gasteiger partial charge in [-0.3, -0.25) is 0 Å². The van der Waals surface area contributed by atoms with Crippen LogP contribution in [-0.4, -0.2) is 0 Å². The zero-order valence-corrected chi connectivity index (χ0v) is 26.8. The molecule has 0 heterocycles. The van der Waals surface area contributed by atoms with Crippen LogP contribution in [0, 0.1) is 0 Å². The maximum Gasteiger partial charge on any atom is -0.00240 e. The van der Waals surface area contributed by atoms with Crippen LogP contribution in [0.4, 0.5) is 0 Å². The van der Waals surface area contributed by atoms with Gasteiger partial charge in [0.15, 0.2) is 0 Å². The first-order chi connectivity index (χ1) is 23.8. The summed E-state index contributed by atoms with van der Waals surface area (Å²) < 4.78 is 0. The molecule has 0 saturated carbocycles. The summed E-state index contributed by atoms with van der Waals surface area (Å²) in [5.74, 6) is 0. The Kier molecular flexibility index (Phi) is 6.24. The van der Waals surface area contributed by atoms with Gasteiger partial charge in [-0.05, 0) is 124 Å². The predicted octanol–water partition coefficient (Wildman–Crippen LogP) is 12.7. The van der Waals surface area contributed by atoms with E-state index in [1.54, 1.807) is 0 Å². The molecule has 10 aromatic rings. The van der Waals surface area contributed by atoms with Gasteiger partial charge in [-0.1, -0.05) is 158 Å². The van der Waals surface area contributed by atoms with Crippen LogP contribution in [-0.2, 0) is 25.7 Å². The molecule has 0 spiro atoms. The lowest BCUT2D eigenvalue weighted by molar-refractivity contribution is 0.969. The molecule has 0 aliphatic heterocycles. The third-order valence-electron chi connectivity index (χ3n) is 10.8. The van der Waals surface area contributed by atoms with Crippen molar-refractivity contribution in [3.05, 3.63) is 180 Å². The van der Waals surface area contributed by atoms with E-state index in [-0.39, 0.29) is 0 Å². The summed E-state index contributed by atoms with van der Waals surface area (Å²) in [5.41, 5.74) is 8.19. The average Bonchev–Trinajstić information content (AvgIpc) is 3.15. The van der Waals surface area contributed by atoms with E-state index in [1.807, 2.05) is 0 Å². The highest BCUT2D eigenvalue weighted by molar-refractivity contribution is 6.24. The second-order valence-electron chi connectivity index (χ2n) is 13.6. The minimum atomic E-state index is 1.03. The molecule has 0 saturated heterocycles. The first-order valence-corrected chi connectivity index (χ1v) is 17.3. The Morgan fingerprint density at radius 2 is 0.583 bits per heavy atom. The molecule has 0 unspecified atom stereocenters. The summed E-state index contributed by atoms with van der Waals surface area (Å²) in [7, 11) is 0. The fourth-order valence-corrected chi connectivity index (χ4v) is 8.31. The fraction of sp³-hybridized carbons (Fsp3) is 0.0833. The van der Waals surface area contributed by atoms with Crippen molar-refractivity contribution >= 4 is 64.6 Å². The van der Waals surface area contributed by atoms with Gasteiger partial charge in [0.25, 0.3) is 0 Å². The average molecular weight is 611 g/mol. The van der Waals surface area contributed by atoms with Crippen LogP contribution in [0.5, 0.6) is 0 Å². The van der Waals surface area contributed by atoms with Crippen LogP contribution in [0.15, 0.2) is 158 Å². The number of hydrogen-bond acceptors (Lipinski definition) is 0. The Morgan fingerprint density at radius 1 is 0.250 bits per heavy atom. The molecule has 0 atom stereocenters. The molecule has 0 fully saturated rings. The summed E-state index contributed by atoms with van der Waals surface area (Å²) in [6.07, 6.45) is 4.14. The molecular weight excluding hydrogens is 577 g/mol. The zero-order valence-electron chi connectivity index (χ0n) is 26.8. The molecular formula is C48H34. The number of aryl methyl sites for hydroxylation is 4. The molecule has 0 nitrogen and oxygen atoms in total. The van der Waals surface area contributed by atoms with Crippen molar-refractivity contribution in [3.8, 4) is 11.1 Å². The van der Waals surface area contributed by atoms with Crippen LogP contribution >= 0.6 is 0 Å². The van der Waals surface area contributed by atoms with Crippen molar-refractivity contribution in [1.82, 2.24) is 0 Å². The molecule has 226 valence electrons. The second kappa shape index (κ2) is 10.9. The predicted molar refractivity (Wildman–Crippen MR) is 207 cm³/mol. The first kappa shape index (κ1) is 27.4. The topological polar surface area (TPSA) is 0 Å². The SMILES string of the molecule is c1cc2ccc3ccc(CCc4ccc(-c5ccc(CCc6ccc7ccc8cccc9ccc6c7c89)cc5)cc4)c4ccc(c1)c2c34. The van der Waals surface area contributed by atoms with Gasteiger partial charge in [0, 0.05) is 0 Å². The Morgan fingerprint density at radius 3 is 0.979 bits per heavy atom. The van der Waals surface area contributed by atoms with Gasteiger partial charge >= 0.3 is 0 Å². The van der Waals surface area contributed by atoms with Crippen LogP contribution in [0.2, 0.25) is 0 Å². The third-order valence-corrected chi connectivity index (χ3v) is 10.8. The highest BCUT2D eigenvalue weighted by Crippen LogP contribution is 2.38.